The number of aromatic nitrogens is 3. The van der Waals surface area contributed by atoms with Gasteiger partial charge in [0.15, 0.2) is 0 Å². The maximum atomic E-state index is 11.6. The average Bonchev–Trinajstić information content (AvgIpc) is 3.08. The van der Waals surface area contributed by atoms with E-state index in [1.165, 1.54) is 19.1 Å². The molecule has 27 heavy (non-hydrogen) atoms. The number of ether oxygens (including phenoxy) is 1. The molecule has 0 radical (unpaired) electrons. The van der Waals surface area contributed by atoms with E-state index < -0.39 is 13.1 Å². The number of rotatable bonds is 8. The van der Waals surface area contributed by atoms with Crippen molar-refractivity contribution < 1.29 is 24.3 Å². The first-order chi connectivity index (χ1) is 13.0. The molecule has 1 aliphatic rings. The van der Waals surface area contributed by atoms with Crippen molar-refractivity contribution >= 4 is 25.0 Å². The van der Waals surface area contributed by atoms with Gasteiger partial charge >= 0.3 is 13.1 Å². The Morgan fingerprint density at radius 1 is 1.52 bits per heavy atom. The number of fused-ring (bicyclic) bond motifs is 1. The molecule has 4 N–H and O–H groups in total. The highest BCUT2D eigenvalue weighted by Crippen LogP contribution is 2.38. The lowest BCUT2D eigenvalue weighted by atomic mass is 9.77. The van der Waals surface area contributed by atoms with Crippen molar-refractivity contribution in [2.45, 2.75) is 30.8 Å². The molecule has 1 atom stereocenters. The van der Waals surface area contributed by atoms with Crippen LogP contribution in [-0.4, -0.2) is 56.4 Å². The fourth-order valence-corrected chi connectivity index (χ4v) is 3.98. The Hall–Kier alpha value is -2.24. The highest BCUT2D eigenvalue weighted by atomic mass is 32.2. The first kappa shape index (κ1) is 19.5. The molecule has 0 saturated heterocycles. The van der Waals surface area contributed by atoms with Gasteiger partial charge in [0.25, 0.3) is 0 Å². The largest absolute Gasteiger partial charge is 0.538 e. The highest BCUT2D eigenvalue weighted by molar-refractivity contribution is 7.99. The van der Waals surface area contributed by atoms with Crippen LogP contribution in [-0.2, 0) is 12.8 Å². The number of aryl methyl sites for hydroxylation is 1. The molecule has 0 fully saturated rings. The SMILES string of the molecule is COc1ccc2c(c1C(=O)O)OB(O)[C@@H](Sn1nncc1CCCCN)C2. The van der Waals surface area contributed by atoms with E-state index in [9.17, 15) is 14.9 Å². The molecule has 9 nitrogen and oxygen atoms in total. The molecule has 0 bridgehead atoms. The van der Waals surface area contributed by atoms with Crippen LogP contribution >= 0.6 is 11.9 Å². The Morgan fingerprint density at radius 2 is 2.33 bits per heavy atom. The molecular weight excluding hydrogens is 371 g/mol. The van der Waals surface area contributed by atoms with Crippen molar-refractivity contribution in [1.82, 2.24) is 14.4 Å². The standard InChI is InChI=1S/C16H21BN4O5S/c1-25-12-6-5-10-8-13(17(24)26-15(10)14(12)16(22)23)27-21-11(9-19-20-21)4-2-3-7-18/h5-6,9,13,24H,2-4,7-8,18H2,1H3,(H,22,23)/t13-/m0/s1. The van der Waals surface area contributed by atoms with E-state index in [2.05, 4.69) is 10.3 Å². The number of carbonyl (C=O) groups is 1. The molecule has 0 aliphatic carbocycles. The van der Waals surface area contributed by atoms with E-state index in [0.717, 1.165) is 25.0 Å². The summed E-state index contributed by atoms with van der Waals surface area (Å²) in [5, 5.41) is 27.6. The molecule has 3 rings (SSSR count). The fraction of sp³-hybridized carbons (Fsp3) is 0.438. The summed E-state index contributed by atoms with van der Waals surface area (Å²) in [6.45, 7) is 0.635. The predicted octanol–water partition coefficient (Wildman–Crippen LogP) is 0.786. The van der Waals surface area contributed by atoms with Gasteiger partial charge in [0.05, 0.1) is 24.1 Å². The number of hydrogen-bond acceptors (Lipinski definition) is 8. The summed E-state index contributed by atoms with van der Waals surface area (Å²) in [6.07, 6.45) is 4.75. The van der Waals surface area contributed by atoms with Gasteiger partial charge in [-0.25, -0.2) is 4.79 Å². The lowest BCUT2D eigenvalue weighted by Crippen LogP contribution is -2.41. The number of aromatic carboxylic acids is 1. The number of carboxylic acid groups (broad SMARTS) is 1. The average molecular weight is 392 g/mol. The second-order valence-corrected chi connectivity index (χ2v) is 7.30. The van der Waals surface area contributed by atoms with E-state index in [0.29, 0.717) is 18.5 Å². The van der Waals surface area contributed by atoms with Gasteiger partial charge in [0, 0.05) is 0 Å². The topological polar surface area (TPSA) is 133 Å². The van der Waals surface area contributed by atoms with Crippen LogP contribution < -0.4 is 15.1 Å². The van der Waals surface area contributed by atoms with Crippen LogP contribution in [0, 0.1) is 0 Å². The van der Waals surface area contributed by atoms with Crippen molar-refractivity contribution in [3.05, 3.63) is 35.2 Å². The van der Waals surface area contributed by atoms with Crippen LogP contribution in [0.5, 0.6) is 11.5 Å². The number of unbranched alkanes of at least 4 members (excludes halogenated alkanes) is 1. The third-order valence-electron chi connectivity index (χ3n) is 4.32. The van der Waals surface area contributed by atoms with Gasteiger partial charge in [-0.2, -0.15) is 4.09 Å². The summed E-state index contributed by atoms with van der Waals surface area (Å²) in [7, 11) is 0.206. The van der Waals surface area contributed by atoms with Gasteiger partial charge in [-0.15, -0.1) is 5.10 Å². The second kappa shape index (κ2) is 8.64. The van der Waals surface area contributed by atoms with Crippen molar-refractivity contribution in [1.29, 1.82) is 0 Å². The number of nitrogens with zero attached hydrogens (tertiary/aromatic N) is 3. The van der Waals surface area contributed by atoms with E-state index in [-0.39, 0.29) is 22.2 Å². The van der Waals surface area contributed by atoms with Crippen molar-refractivity contribution in [2.24, 2.45) is 5.73 Å². The fourth-order valence-electron chi connectivity index (χ4n) is 2.95. The Labute approximate surface area is 161 Å². The molecule has 1 aromatic carbocycles. The minimum absolute atomic E-state index is 0.0827. The molecule has 0 saturated carbocycles. The molecule has 0 amide bonds. The lowest BCUT2D eigenvalue weighted by Gasteiger charge is -2.28. The molecule has 0 unspecified atom stereocenters. The molecule has 144 valence electrons. The van der Waals surface area contributed by atoms with Crippen LogP contribution in [0.4, 0.5) is 0 Å². The van der Waals surface area contributed by atoms with Crippen LogP contribution in [0.15, 0.2) is 18.3 Å². The summed E-state index contributed by atoms with van der Waals surface area (Å²) in [4.78, 5) is 11.6. The number of hydrogen-bond donors (Lipinski definition) is 3. The summed E-state index contributed by atoms with van der Waals surface area (Å²) in [5.41, 5.74) is 7.08. The Kier molecular flexibility index (Phi) is 6.24. The van der Waals surface area contributed by atoms with Gasteiger partial charge < -0.3 is 25.3 Å². The van der Waals surface area contributed by atoms with Crippen LogP contribution in [0.25, 0.3) is 0 Å². The number of nitrogens with two attached hydrogens (primary N) is 1. The summed E-state index contributed by atoms with van der Waals surface area (Å²) in [5.74, 6) is -0.827. The zero-order chi connectivity index (χ0) is 19.4. The molecule has 1 aromatic heterocycles. The predicted molar refractivity (Wildman–Crippen MR) is 101 cm³/mol. The quantitative estimate of drug-likeness (QED) is 0.440. The van der Waals surface area contributed by atoms with E-state index >= 15 is 0 Å². The molecule has 1 aliphatic heterocycles. The zero-order valence-corrected chi connectivity index (χ0v) is 15.7. The highest BCUT2D eigenvalue weighted by Gasteiger charge is 2.39. The van der Waals surface area contributed by atoms with Gasteiger partial charge in [-0.1, -0.05) is 11.3 Å². The lowest BCUT2D eigenvalue weighted by molar-refractivity contribution is 0.0690. The van der Waals surface area contributed by atoms with Crippen molar-refractivity contribution in [2.75, 3.05) is 13.7 Å². The first-order valence-electron chi connectivity index (χ1n) is 8.59. The molecule has 11 heteroatoms. The van der Waals surface area contributed by atoms with Gasteiger partial charge in [0.2, 0.25) is 0 Å². The van der Waals surface area contributed by atoms with E-state index in [1.54, 1.807) is 22.4 Å². The van der Waals surface area contributed by atoms with Gasteiger partial charge in [0.1, 0.15) is 17.1 Å². The van der Waals surface area contributed by atoms with Crippen LogP contribution in [0.2, 0.25) is 0 Å². The number of benzene rings is 1. The molecule has 0 spiro atoms. The van der Waals surface area contributed by atoms with Gasteiger partial charge in [-0.05, 0) is 55.8 Å². The summed E-state index contributed by atoms with van der Waals surface area (Å²) >= 11 is 1.31. The van der Waals surface area contributed by atoms with Crippen LogP contribution in [0.1, 0.15) is 34.5 Å². The van der Waals surface area contributed by atoms with Crippen LogP contribution in [0.3, 0.4) is 0 Å². The Morgan fingerprint density at radius 3 is 3.04 bits per heavy atom. The second-order valence-electron chi connectivity index (χ2n) is 6.14. The number of carboxylic acids is 1. The molecular formula is C16H21BN4O5S. The third-order valence-corrected chi connectivity index (χ3v) is 5.50. The summed E-state index contributed by atoms with van der Waals surface area (Å²) < 4.78 is 12.3. The smallest absolute Gasteiger partial charge is 0.534 e. The minimum Gasteiger partial charge on any atom is -0.534 e. The Bertz CT molecular complexity index is 818. The first-order valence-corrected chi connectivity index (χ1v) is 9.43. The molecule has 2 heterocycles. The maximum absolute atomic E-state index is 11.6. The maximum Gasteiger partial charge on any atom is 0.538 e. The van der Waals surface area contributed by atoms with E-state index in [1.807, 2.05) is 0 Å². The Balaban J connectivity index is 1.79. The normalized spacial score (nSPS) is 16.0. The van der Waals surface area contributed by atoms with Crippen molar-refractivity contribution in [3.8, 4) is 11.5 Å². The zero-order valence-electron chi connectivity index (χ0n) is 14.9. The van der Waals surface area contributed by atoms with E-state index in [4.69, 9.17) is 15.1 Å². The summed E-state index contributed by atoms with van der Waals surface area (Å²) in [6, 6.07) is 3.35. The molecule has 2 aromatic rings. The van der Waals surface area contributed by atoms with Gasteiger partial charge in [-0.3, -0.25) is 0 Å². The minimum atomic E-state index is -1.19. The third kappa shape index (κ3) is 4.20. The van der Waals surface area contributed by atoms with Crippen molar-refractivity contribution in [3.63, 3.8) is 0 Å². The monoisotopic (exact) mass is 392 g/mol. The number of methoxy groups -OCH3 is 1.